The predicted molar refractivity (Wildman–Crippen MR) is 130 cm³/mol. The Kier molecular flexibility index (Phi) is 7.04. The Morgan fingerprint density at radius 2 is 1.94 bits per heavy atom. The van der Waals surface area contributed by atoms with Crippen molar-refractivity contribution in [2.75, 3.05) is 25.0 Å². The molecule has 1 unspecified atom stereocenters. The van der Waals surface area contributed by atoms with E-state index in [1.54, 1.807) is 24.0 Å². The minimum absolute atomic E-state index is 0.0666. The molecule has 0 radical (unpaired) electrons. The molecule has 2 heterocycles. The molecule has 3 amide bonds. The first-order valence-electron chi connectivity index (χ1n) is 11.4. The molecular formula is C24H27N7O4. The van der Waals surface area contributed by atoms with Crippen LogP contribution in [0.1, 0.15) is 34.6 Å². The summed E-state index contributed by atoms with van der Waals surface area (Å²) in [5.74, 6) is -0.128. The van der Waals surface area contributed by atoms with Gasteiger partial charge in [0, 0.05) is 37.5 Å². The number of nitrogens with one attached hydrogen (secondary N) is 2. The van der Waals surface area contributed by atoms with Crippen molar-refractivity contribution in [3.05, 3.63) is 75.6 Å². The van der Waals surface area contributed by atoms with E-state index in [4.69, 9.17) is 0 Å². The normalized spacial score (nSPS) is 15.5. The number of piperidine rings is 1. The quantitative estimate of drug-likeness (QED) is 0.412. The molecule has 0 bridgehead atoms. The molecule has 4 rings (SSSR count). The van der Waals surface area contributed by atoms with Gasteiger partial charge >= 0.3 is 6.03 Å². The van der Waals surface area contributed by atoms with Gasteiger partial charge in [-0.15, -0.1) is 5.10 Å². The number of nitro groups is 1. The van der Waals surface area contributed by atoms with Crippen molar-refractivity contribution in [1.82, 2.24) is 25.2 Å². The maximum atomic E-state index is 13.2. The number of carbonyl (C=O) groups excluding carboxylic acids is 2. The summed E-state index contributed by atoms with van der Waals surface area (Å²) >= 11 is 0. The maximum Gasteiger partial charge on any atom is 0.319 e. The standard InChI is InChI=1S/C24H27N7O4/c1-16-8-10-19(11-9-16)26-24(33)25-14-18-5-4-12-29(15-18)23(32)22-17(2)30(28-27-22)20-6-3-7-21(13-20)31(34)35/h3,6-11,13,18H,4-5,12,14-15H2,1-2H3,(H2,25,26,33). The second-order valence-electron chi connectivity index (χ2n) is 8.67. The number of hydrogen-bond acceptors (Lipinski definition) is 6. The third-order valence-corrected chi connectivity index (χ3v) is 6.05. The highest BCUT2D eigenvalue weighted by Crippen LogP contribution is 2.21. The van der Waals surface area contributed by atoms with Crippen LogP contribution in [0.3, 0.4) is 0 Å². The van der Waals surface area contributed by atoms with Gasteiger partial charge in [0.2, 0.25) is 0 Å². The number of non-ortho nitro benzene ring substituents is 1. The van der Waals surface area contributed by atoms with Crippen LogP contribution in [0.2, 0.25) is 0 Å². The molecular weight excluding hydrogens is 450 g/mol. The van der Waals surface area contributed by atoms with Gasteiger partial charge in [0.05, 0.1) is 16.3 Å². The average Bonchev–Trinajstić information content (AvgIpc) is 3.25. The van der Waals surface area contributed by atoms with Crippen LogP contribution >= 0.6 is 0 Å². The average molecular weight is 478 g/mol. The minimum atomic E-state index is -0.481. The van der Waals surface area contributed by atoms with Crippen LogP contribution in [0.4, 0.5) is 16.2 Å². The van der Waals surface area contributed by atoms with E-state index >= 15 is 0 Å². The Morgan fingerprint density at radius 3 is 2.69 bits per heavy atom. The lowest BCUT2D eigenvalue weighted by Crippen LogP contribution is -2.44. The van der Waals surface area contributed by atoms with Crippen molar-refractivity contribution in [1.29, 1.82) is 0 Å². The highest BCUT2D eigenvalue weighted by Gasteiger charge is 2.28. The fraction of sp³-hybridized carbons (Fsp3) is 0.333. The summed E-state index contributed by atoms with van der Waals surface area (Å²) in [5, 5.41) is 24.9. The third-order valence-electron chi connectivity index (χ3n) is 6.05. The lowest BCUT2D eigenvalue weighted by atomic mass is 9.97. The van der Waals surface area contributed by atoms with Gasteiger partial charge in [-0.2, -0.15) is 0 Å². The first kappa shape index (κ1) is 23.9. The minimum Gasteiger partial charge on any atom is -0.338 e. The molecule has 1 aliphatic rings. The van der Waals surface area contributed by atoms with Gasteiger partial charge in [-0.25, -0.2) is 9.48 Å². The molecule has 0 spiro atoms. The van der Waals surface area contributed by atoms with Gasteiger partial charge < -0.3 is 15.5 Å². The fourth-order valence-corrected chi connectivity index (χ4v) is 4.13. The lowest BCUT2D eigenvalue weighted by Gasteiger charge is -2.32. The van der Waals surface area contributed by atoms with Crippen molar-refractivity contribution in [2.45, 2.75) is 26.7 Å². The van der Waals surface area contributed by atoms with Crippen LogP contribution in [0.15, 0.2) is 48.5 Å². The Bertz CT molecular complexity index is 1240. The SMILES string of the molecule is Cc1ccc(NC(=O)NCC2CCCN(C(=O)c3nnn(-c4cccc([N+](=O)[O-])c4)c3C)C2)cc1. The molecule has 1 aliphatic heterocycles. The van der Waals surface area contributed by atoms with Crippen LogP contribution in [0.25, 0.3) is 5.69 Å². The van der Waals surface area contributed by atoms with Gasteiger partial charge in [0.1, 0.15) is 0 Å². The van der Waals surface area contributed by atoms with Crippen LogP contribution < -0.4 is 10.6 Å². The molecule has 1 aromatic heterocycles. The maximum absolute atomic E-state index is 13.2. The zero-order chi connectivity index (χ0) is 24.9. The molecule has 2 aromatic carbocycles. The zero-order valence-electron chi connectivity index (χ0n) is 19.6. The largest absolute Gasteiger partial charge is 0.338 e. The van der Waals surface area contributed by atoms with Crippen molar-refractivity contribution in [2.24, 2.45) is 5.92 Å². The molecule has 1 fully saturated rings. The van der Waals surface area contributed by atoms with Crippen LogP contribution in [-0.4, -0.2) is 56.4 Å². The number of amides is 3. The van der Waals surface area contributed by atoms with E-state index in [0.29, 0.717) is 31.0 Å². The number of benzene rings is 2. The first-order chi connectivity index (χ1) is 16.8. The van der Waals surface area contributed by atoms with E-state index in [1.165, 1.54) is 16.8 Å². The van der Waals surface area contributed by atoms with Crippen molar-refractivity contribution in [3.63, 3.8) is 0 Å². The topological polar surface area (TPSA) is 135 Å². The number of hydrogen-bond donors (Lipinski definition) is 2. The molecule has 0 aliphatic carbocycles. The van der Waals surface area contributed by atoms with Gasteiger partial charge in [-0.05, 0) is 50.8 Å². The van der Waals surface area contributed by atoms with E-state index < -0.39 is 4.92 Å². The highest BCUT2D eigenvalue weighted by atomic mass is 16.6. The van der Waals surface area contributed by atoms with Gasteiger partial charge in [-0.1, -0.05) is 29.0 Å². The second-order valence-corrected chi connectivity index (χ2v) is 8.67. The Labute approximate surface area is 202 Å². The van der Waals surface area contributed by atoms with Crippen LogP contribution in [0.5, 0.6) is 0 Å². The highest BCUT2D eigenvalue weighted by molar-refractivity contribution is 5.93. The van der Waals surface area contributed by atoms with E-state index in [-0.39, 0.29) is 29.2 Å². The van der Waals surface area contributed by atoms with E-state index in [2.05, 4.69) is 20.9 Å². The summed E-state index contributed by atoms with van der Waals surface area (Å²) in [4.78, 5) is 37.8. The number of aromatic nitrogens is 3. The molecule has 182 valence electrons. The van der Waals surface area contributed by atoms with Crippen molar-refractivity contribution in [3.8, 4) is 5.69 Å². The number of aryl methyl sites for hydroxylation is 1. The molecule has 11 nitrogen and oxygen atoms in total. The Balaban J connectivity index is 1.37. The van der Waals surface area contributed by atoms with Gasteiger partial charge in [0.15, 0.2) is 5.69 Å². The Hall–Kier alpha value is -4.28. The number of nitrogens with zero attached hydrogens (tertiary/aromatic N) is 5. The molecule has 11 heteroatoms. The monoisotopic (exact) mass is 477 g/mol. The predicted octanol–water partition coefficient (Wildman–Crippen LogP) is 3.47. The lowest BCUT2D eigenvalue weighted by molar-refractivity contribution is -0.384. The summed E-state index contributed by atoms with van der Waals surface area (Å²) in [6.07, 6.45) is 1.71. The third kappa shape index (κ3) is 5.62. The van der Waals surface area contributed by atoms with E-state index in [9.17, 15) is 19.7 Å². The molecule has 1 saturated heterocycles. The summed E-state index contributed by atoms with van der Waals surface area (Å²) in [5.41, 5.74) is 2.95. The number of urea groups is 1. The van der Waals surface area contributed by atoms with Crippen molar-refractivity contribution < 1.29 is 14.5 Å². The number of carbonyl (C=O) groups is 2. The summed E-state index contributed by atoms with van der Waals surface area (Å²) in [7, 11) is 0. The summed E-state index contributed by atoms with van der Waals surface area (Å²) in [6.45, 7) is 5.22. The number of nitro benzene ring substituents is 1. The molecule has 1 atom stereocenters. The number of anilines is 1. The molecule has 2 N–H and O–H groups in total. The summed E-state index contributed by atoms with van der Waals surface area (Å²) in [6, 6.07) is 13.3. The number of rotatable bonds is 6. The van der Waals surface area contributed by atoms with Crippen molar-refractivity contribution >= 4 is 23.3 Å². The van der Waals surface area contributed by atoms with Crippen LogP contribution in [0, 0.1) is 29.9 Å². The van der Waals surface area contributed by atoms with E-state index in [0.717, 1.165) is 24.1 Å². The molecule has 35 heavy (non-hydrogen) atoms. The van der Waals surface area contributed by atoms with E-state index in [1.807, 2.05) is 31.2 Å². The number of likely N-dealkylation sites (tertiary alicyclic amines) is 1. The summed E-state index contributed by atoms with van der Waals surface area (Å²) < 4.78 is 1.43. The van der Waals surface area contributed by atoms with Gasteiger partial charge in [0.25, 0.3) is 11.6 Å². The smallest absolute Gasteiger partial charge is 0.319 e. The zero-order valence-corrected chi connectivity index (χ0v) is 19.6. The van der Waals surface area contributed by atoms with Crippen LogP contribution in [-0.2, 0) is 0 Å². The molecule has 0 saturated carbocycles. The first-order valence-corrected chi connectivity index (χ1v) is 11.4. The molecule has 3 aromatic rings. The second kappa shape index (κ2) is 10.3. The Morgan fingerprint density at radius 1 is 1.17 bits per heavy atom. The fourth-order valence-electron chi connectivity index (χ4n) is 4.13. The van der Waals surface area contributed by atoms with Gasteiger partial charge in [-0.3, -0.25) is 14.9 Å².